The van der Waals surface area contributed by atoms with Gasteiger partial charge in [-0.05, 0) is 85.4 Å². The molecular weight excluding hydrogens is 510 g/mol. The van der Waals surface area contributed by atoms with Gasteiger partial charge in [0, 0.05) is 41.3 Å². The number of alkyl halides is 3. The quantitative estimate of drug-likeness (QED) is 0.339. The summed E-state index contributed by atoms with van der Waals surface area (Å²) in [5.41, 5.74) is 2.49. The van der Waals surface area contributed by atoms with Crippen molar-refractivity contribution in [2.24, 2.45) is 0 Å². The summed E-state index contributed by atoms with van der Waals surface area (Å²) in [6, 6.07) is 13.9. The molecule has 0 unspecified atom stereocenters. The van der Waals surface area contributed by atoms with E-state index < -0.39 is 17.6 Å². The molecule has 9 heteroatoms. The SMILES string of the molecule is C/C(=C\c1ccc(Cl)cc1)N1CCC(c2cc(C(F)(F)F)ccc2NC(=O)c2ccnc(Cl)c2)CC1. The zero-order chi connectivity index (χ0) is 25.9. The summed E-state index contributed by atoms with van der Waals surface area (Å²) in [5, 5.41) is 3.60. The minimum atomic E-state index is -4.48. The van der Waals surface area contributed by atoms with Crippen molar-refractivity contribution in [3.63, 3.8) is 0 Å². The summed E-state index contributed by atoms with van der Waals surface area (Å²) >= 11 is 11.8. The molecule has 3 aromatic rings. The van der Waals surface area contributed by atoms with Crippen molar-refractivity contribution < 1.29 is 18.0 Å². The predicted octanol–water partition coefficient (Wildman–Crippen LogP) is 7.90. The Bertz CT molecular complexity index is 1270. The molecule has 4 nitrogen and oxygen atoms in total. The molecule has 1 aliphatic heterocycles. The molecule has 0 aliphatic carbocycles. The van der Waals surface area contributed by atoms with Gasteiger partial charge in [0.2, 0.25) is 0 Å². The molecule has 1 aliphatic rings. The van der Waals surface area contributed by atoms with Crippen molar-refractivity contribution in [1.82, 2.24) is 9.88 Å². The van der Waals surface area contributed by atoms with Gasteiger partial charge in [0.05, 0.1) is 5.56 Å². The Morgan fingerprint density at radius 3 is 2.39 bits per heavy atom. The molecule has 1 fully saturated rings. The van der Waals surface area contributed by atoms with Crippen molar-refractivity contribution in [2.45, 2.75) is 31.9 Å². The smallest absolute Gasteiger partial charge is 0.375 e. The van der Waals surface area contributed by atoms with Crippen LogP contribution in [0.4, 0.5) is 18.9 Å². The van der Waals surface area contributed by atoms with Gasteiger partial charge >= 0.3 is 6.18 Å². The normalized spacial score (nSPS) is 15.2. The third-order valence-electron chi connectivity index (χ3n) is 6.29. The van der Waals surface area contributed by atoms with E-state index >= 15 is 0 Å². The number of halogens is 5. The molecular formula is C27H24Cl2F3N3O. The lowest BCUT2D eigenvalue weighted by atomic mass is 9.87. The van der Waals surface area contributed by atoms with Crippen LogP contribution in [0.5, 0.6) is 0 Å². The number of aromatic nitrogens is 1. The average molecular weight is 534 g/mol. The number of carbonyl (C=O) groups excluding carboxylic acids is 1. The molecule has 36 heavy (non-hydrogen) atoms. The lowest BCUT2D eigenvalue weighted by molar-refractivity contribution is -0.137. The number of benzene rings is 2. The first-order valence-electron chi connectivity index (χ1n) is 11.4. The Kier molecular flexibility index (Phi) is 7.91. The molecule has 0 spiro atoms. The molecule has 2 heterocycles. The highest BCUT2D eigenvalue weighted by Gasteiger charge is 2.33. The summed E-state index contributed by atoms with van der Waals surface area (Å²) in [5.74, 6) is -0.595. The second kappa shape index (κ2) is 10.9. The zero-order valence-electron chi connectivity index (χ0n) is 19.4. The summed E-state index contributed by atoms with van der Waals surface area (Å²) in [6.45, 7) is 3.39. The van der Waals surface area contributed by atoms with Crippen LogP contribution in [0.3, 0.4) is 0 Å². The second-order valence-corrected chi connectivity index (χ2v) is 9.54. The van der Waals surface area contributed by atoms with Crippen molar-refractivity contribution in [3.05, 3.63) is 98.9 Å². The maximum absolute atomic E-state index is 13.5. The first-order chi connectivity index (χ1) is 17.1. The topological polar surface area (TPSA) is 45.2 Å². The van der Waals surface area contributed by atoms with E-state index in [-0.39, 0.29) is 16.6 Å². The van der Waals surface area contributed by atoms with Crippen molar-refractivity contribution in [3.8, 4) is 0 Å². The van der Waals surface area contributed by atoms with Gasteiger partial charge < -0.3 is 10.2 Å². The Hall–Kier alpha value is -3.03. The van der Waals surface area contributed by atoms with E-state index in [0.717, 1.165) is 23.4 Å². The standard InChI is InChI=1S/C27H24Cl2F3N3O/c1-17(14-18-2-5-22(28)6-3-18)35-12-9-19(10-13-35)23-16-21(27(30,31)32)4-7-24(23)34-26(36)20-8-11-33-25(29)15-20/h2-8,11,14-16,19H,9-10,12-13H2,1H3,(H,34,36)/b17-14+. The van der Waals surface area contributed by atoms with E-state index in [4.69, 9.17) is 23.2 Å². The van der Waals surface area contributed by atoms with Gasteiger partial charge in [-0.2, -0.15) is 13.2 Å². The molecule has 4 rings (SSSR count). The fourth-order valence-corrected chi connectivity index (χ4v) is 4.66. The molecule has 0 atom stereocenters. The minimum Gasteiger partial charge on any atom is -0.375 e. The van der Waals surface area contributed by atoms with Gasteiger partial charge in [0.15, 0.2) is 0 Å². The van der Waals surface area contributed by atoms with Gasteiger partial charge in [0.25, 0.3) is 5.91 Å². The van der Waals surface area contributed by atoms with Crippen LogP contribution in [0.15, 0.2) is 66.5 Å². The molecule has 188 valence electrons. The number of piperidine rings is 1. The van der Waals surface area contributed by atoms with Gasteiger partial charge in [-0.3, -0.25) is 4.79 Å². The lowest BCUT2D eigenvalue weighted by Crippen LogP contribution is -2.32. The highest BCUT2D eigenvalue weighted by molar-refractivity contribution is 6.30. The number of hydrogen-bond acceptors (Lipinski definition) is 3. The maximum Gasteiger partial charge on any atom is 0.416 e. The monoisotopic (exact) mass is 533 g/mol. The van der Waals surface area contributed by atoms with Gasteiger partial charge in [-0.1, -0.05) is 35.3 Å². The van der Waals surface area contributed by atoms with Crippen LogP contribution in [0, 0.1) is 0 Å². The molecule has 0 bridgehead atoms. The number of amides is 1. The zero-order valence-corrected chi connectivity index (χ0v) is 21.0. The fourth-order valence-electron chi connectivity index (χ4n) is 4.36. The molecule has 1 amide bonds. The third kappa shape index (κ3) is 6.39. The molecule has 2 aromatic carbocycles. The number of nitrogens with one attached hydrogen (secondary N) is 1. The number of pyridine rings is 1. The Balaban J connectivity index is 1.54. The van der Waals surface area contributed by atoms with Gasteiger partial charge in [-0.25, -0.2) is 4.98 Å². The number of nitrogens with zero attached hydrogens (tertiary/aromatic N) is 2. The van der Waals surface area contributed by atoms with Crippen LogP contribution in [0.25, 0.3) is 6.08 Å². The van der Waals surface area contributed by atoms with Crippen molar-refractivity contribution in [1.29, 1.82) is 0 Å². The number of hydrogen-bond donors (Lipinski definition) is 1. The molecule has 1 saturated heterocycles. The number of anilines is 1. The third-order valence-corrected chi connectivity index (χ3v) is 6.75. The Labute approximate surface area is 217 Å². The highest BCUT2D eigenvalue weighted by Crippen LogP contribution is 2.39. The minimum absolute atomic E-state index is 0.136. The summed E-state index contributed by atoms with van der Waals surface area (Å²) in [4.78, 5) is 18.8. The molecule has 0 radical (unpaired) electrons. The number of likely N-dealkylation sites (tertiary alicyclic amines) is 1. The number of rotatable bonds is 5. The fraction of sp³-hybridized carbons (Fsp3) is 0.259. The summed E-state index contributed by atoms with van der Waals surface area (Å²) < 4.78 is 40.5. The lowest BCUT2D eigenvalue weighted by Gasteiger charge is -2.35. The summed E-state index contributed by atoms with van der Waals surface area (Å²) in [6.07, 6.45) is 0.287. The van der Waals surface area contributed by atoms with Crippen molar-refractivity contribution >= 4 is 40.9 Å². The first kappa shape index (κ1) is 26.0. The van der Waals surface area contributed by atoms with E-state index in [9.17, 15) is 18.0 Å². The number of allylic oxidation sites excluding steroid dienone is 1. The van der Waals surface area contributed by atoms with Crippen molar-refractivity contribution in [2.75, 3.05) is 18.4 Å². The van der Waals surface area contributed by atoms with Crippen LogP contribution in [0.2, 0.25) is 10.2 Å². The van der Waals surface area contributed by atoms with E-state index in [2.05, 4.69) is 21.3 Å². The van der Waals surface area contributed by atoms with Gasteiger partial charge in [-0.15, -0.1) is 0 Å². The average Bonchev–Trinajstić information content (AvgIpc) is 2.85. The molecule has 1 aromatic heterocycles. The Morgan fingerprint density at radius 2 is 1.75 bits per heavy atom. The highest BCUT2D eigenvalue weighted by atomic mass is 35.5. The second-order valence-electron chi connectivity index (χ2n) is 8.72. The molecule has 0 saturated carbocycles. The molecule has 1 N–H and O–H groups in total. The number of carbonyl (C=O) groups is 1. The van der Waals surface area contributed by atoms with Gasteiger partial charge in [0.1, 0.15) is 5.15 Å². The van der Waals surface area contributed by atoms with Crippen LogP contribution >= 0.6 is 23.2 Å². The summed E-state index contributed by atoms with van der Waals surface area (Å²) in [7, 11) is 0. The van der Waals surface area contributed by atoms with Crippen LogP contribution in [-0.4, -0.2) is 28.9 Å². The van der Waals surface area contributed by atoms with E-state index in [0.29, 0.717) is 42.2 Å². The van der Waals surface area contributed by atoms with E-state index in [1.165, 1.54) is 24.4 Å². The van der Waals surface area contributed by atoms with Crippen LogP contribution < -0.4 is 5.32 Å². The maximum atomic E-state index is 13.5. The van der Waals surface area contributed by atoms with E-state index in [1.54, 1.807) is 0 Å². The first-order valence-corrected chi connectivity index (χ1v) is 12.2. The van der Waals surface area contributed by atoms with Crippen LogP contribution in [-0.2, 0) is 6.18 Å². The predicted molar refractivity (Wildman–Crippen MR) is 137 cm³/mol. The van der Waals surface area contributed by atoms with Crippen LogP contribution in [0.1, 0.15) is 52.7 Å². The largest absolute Gasteiger partial charge is 0.416 e. The Morgan fingerprint density at radius 1 is 1.06 bits per heavy atom. The van der Waals surface area contributed by atoms with E-state index in [1.807, 2.05) is 31.2 Å².